The molecule has 1 saturated carbocycles. The third-order valence-corrected chi connectivity index (χ3v) is 5.26. The lowest BCUT2D eigenvalue weighted by atomic mass is 9.99. The summed E-state index contributed by atoms with van der Waals surface area (Å²) in [5.41, 5.74) is 0.337. The SMILES string of the molecule is COc1ccc(C(=O)N2CCCC[C@H]2c2nncn2CC2CC2)cc1F. The summed E-state index contributed by atoms with van der Waals surface area (Å²) in [7, 11) is 1.41. The molecule has 0 bridgehead atoms. The Bertz CT molecular complexity index is 803. The average Bonchev–Trinajstić information content (AvgIpc) is 3.36. The zero-order chi connectivity index (χ0) is 18.1. The molecule has 0 unspecified atom stereocenters. The monoisotopic (exact) mass is 358 g/mol. The minimum atomic E-state index is -0.524. The van der Waals surface area contributed by atoms with Gasteiger partial charge in [-0.3, -0.25) is 4.79 Å². The van der Waals surface area contributed by atoms with Gasteiger partial charge in [-0.05, 0) is 56.2 Å². The van der Waals surface area contributed by atoms with Gasteiger partial charge >= 0.3 is 0 Å². The lowest BCUT2D eigenvalue weighted by molar-refractivity contribution is 0.0593. The quantitative estimate of drug-likeness (QED) is 0.823. The van der Waals surface area contributed by atoms with E-state index in [0.29, 0.717) is 18.0 Å². The summed E-state index contributed by atoms with van der Waals surface area (Å²) in [5, 5.41) is 8.40. The topological polar surface area (TPSA) is 60.2 Å². The Morgan fingerprint density at radius 1 is 1.31 bits per heavy atom. The van der Waals surface area contributed by atoms with Gasteiger partial charge in [0.2, 0.25) is 0 Å². The predicted octanol–water partition coefficient (Wildman–Crippen LogP) is 3.20. The Hall–Kier alpha value is -2.44. The Morgan fingerprint density at radius 2 is 2.15 bits per heavy atom. The van der Waals surface area contributed by atoms with Gasteiger partial charge in [-0.25, -0.2) is 4.39 Å². The maximum atomic E-state index is 14.0. The number of ether oxygens (including phenoxy) is 1. The molecule has 2 fully saturated rings. The number of amides is 1. The molecule has 138 valence electrons. The van der Waals surface area contributed by atoms with E-state index in [9.17, 15) is 9.18 Å². The smallest absolute Gasteiger partial charge is 0.254 e. The number of nitrogens with zero attached hydrogens (tertiary/aromatic N) is 4. The van der Waals surface area contributed by atoms with Crippen LogP contribution in [-0.4, -0.2) is 39.2 Å². The van der Waals surface area contributed by atoms with Crippen LogP contribution in [0.4, 0.5) is 4.39 Å². The van der Waals surface area contributed by atoms with E-state index < -0.39 is 5.82 Å². The molecule has 1 aliphatic heterocycles. The molecule has 6 nitrogen and oxygen atoms in total. The van der Waals surface area contributed by atoms with Gasteiger partial charge in [-0.1, -0.05) is 0 Å². The lowest BCUT2D eigenvalue weighted by Crippen LogP contribution is -2.39. The standard InChI is InChI=1S/C19H23FN4O2/c1-26-17-8-7-14(10-15(17)20)19(25)24-9-3-2-4-16(24)18-22-21-12-23(18)11-13-5-6-13/h7-8,10,12-13,16H,2-6,9,11H2,1H3/t16-/m0/s1. The Labute approximate surface area is 152 Å². The molecule has 0 N–H and O–H groups in total. The number of aromatic nitrogens is 3. The minimum absolute atomic E-state index is 0.109. The molecule has 1 saturated heterocycles. The molecule has 1 aromatic carbocycles. The third-order valence-electron chi connectivity index (χ3n) is 5.26. The second kappa shape index (κ2) is 7.05. The van der Waals surface area contributed by atoms with Crippen molar-refractivity contribution in [2.45, 2.75) is 44.7 Å². The highest BCUT2D eigenvalue weighted by molar-refractivity contribution is 5.94. The number of carbonyl (C=O) groups excluding carboxylic acids is 1. The normalized spacial score (nSPS) is 20.2. The Kier molecular flexibility index (Phi) is 4.61. The summed E-state index contributed by atoms with van der Waals surface area (Å²) < 4.78 is 21.1. The predicted molar refractivity (Wildman–Crippen MR) is 93.3 cm³/mol. The first-order valence-electron chi connectivity index (χ1n) is 9.19. The number of methoxy groups -OCH3 is 1. The highest BCUT2D eigenvalue weighted by Gasteiger charge is 2.33. The zero-order valence-electron chi connectivity index (χ0n) is 14.9. The van der Waals surface area contributed by atoms with Gasteiger partial charge in [-0.15, -0.1) is 10.2 Å². The zero-order valence-corrected chi connectivity index (χ0v) is 14.9. The first-order valence-corrected chi connectivity index (χ1v) is 9.19. The van der Waals surface area contributed by atoms with Crippen LogP contribution < -0.4 is 4.74 Å². The second-order valence-corrected chi connectivity index (χ2v) is 7.14. The molecule has 26 heavy (non-hydrogen) atoms. The van der Waals surface area contributed by atoms with Gasteiger partial charge in [-0.2, -0.15) is 0 Å². The van der Waals surface area contributed by atoms with E-state index in [0.717, 1.165) is 31.6 Å². The highest BCUT2D eigenvalue weighted by atomic mass is 19.1. The van der Waals surface area contributed by atoms with Gasteiger partial charge in [0, 0.05) is 18.7 Å². The minimum Gasteiger partial charge on any atom is -0.494 e. The van der Waals surface area contributed by atoms with E-state index >= 15 is 0 Å². The van der Waals surface area contributed by atoms with Crippen molar-refractivity contribution >= 4 is 5.91 Å². The van der Waals surface area contributed by atoms with Crippen LogP contribution in [0.2, 0.25) is 0 Å². The van der Waals surface area contributed by atoms with Crippen LogP contribution in [0.25, 0.3) is 0 Å². The molecule has 1 aliphatic carbocycles. The maximum absolute atomic E-state index is 14.0. The van der Waals surface area contributed by atoms with Crippen molar-refractivity contribution in [3.05, 3.63) is 41.7 Å². The van der Waals surface area contributed by atoms with E-state index in [2.05, 4.69) is 14.8 Å². The molecule has 7 heteroatoms. The fraction of sp³-hybridized carbons (Fsp3) is 0.526. The average molecular weight is 358 g/mol. The number of likely N-dealkylation sites (tertiary alicyclic amines) is 1. The summed E-state index contributed by atoms with van der Waals surface area (Å²) in [5.74, 6) is 0.995. The van der Waals surface area contributed by atoms with Gasteiger partial charge in [0.15, 0.2) is 17.4 Å². The summed E-state index contributed by atoms with van der Waals surface area (Å²) in [6, 6.07) is 4.26. The van der Waals surface area contributed by atoms with Crippen LogP contribution in [0.5, 0.6) is 5.75 Å². The fourth-order valence-corrected chi connectivity index (χ4v) is 3.65. The number of rotatable bonds is 5. The van der Waals surface area contributed by atoms with Gasteiger partial charge in [0.1, 0.15) is 6.33 Å². The summed E-state index contributed by atoms with van der Waals surface area (Å²) in [6.07, 6.45) is 7.09. The van der Waals surface area contributed by atoms with Crippen molar-refractivity contribution in [1.29, 1.82) is 0 Å². The summed E-state index contributed by atoms with van der Waals surface area (Å²) >= 11 is 0. The number of hydrogen-bond donors (Lipinski definition) is 0. The van der Waals surface area contributed by atoms with Gasteiger partial charge in [0.25, 0.3) is 5.91 Å². The number of halogens is 1. The number of carbonyl (C=O) groups is 1. The molecule has 2 aromatic rings. The van der Waals surface area contributed by atoms with E-state index in [4.69, 9.17) is 4.74 Å². The van der Waals surface area contributed by atoms with Crippen molar-refractivity contribution in [3.63, 3.8) is 0 Å². The Balaban J connectivity index is 1.60. The van der Waals surface area contributed by atoms with Crippen LogP contribution >= 0.6 is 0 Å². The molecular formula is C19H23FN4O2. The number of benzene rings is 1. The highest BCUT2D eigenvalue weighted by Crippen LogP contribution is 2.35. The van der Waals surface area contributed by atoms with Crippen molar-refractivity contribution in [3.8, 4) is 5.75 Å². The van der Waals surface area contributed by atoms with Crippen LogP contribution in [0.3, 0.4) is 0 Å². The van der Waals surface area contributed by atoms with Crippen LogP contribution in [0, 0.1) is 11.7 Å². The molecule has 1 atom stereocenters. The number of piperidine rings is 1. The first-order chi connectivity index (χ1) is 12.7. The molecule has 1 amide bonds. The summed E-state index contributed by atoms with van der Waals surface area (Å²) in [4.78, 5) is 14.9. The van der Waals surface area contributed by atoms with Gasteiger partial charge in [0.05, 0.1) is 13.2 Å². The van der Waals surface area contributed by atoms with Crippen LogP contribution in [0.15, 0.2) is 24.5 Å². The van der Waals surface area contributed by atoms with Crippen molar-refractivity contribution in [1.82, 2.24) is 19.7 Å². The largest absolute Gasteiger partial charge is 0.494 e. The van der Waals surface area contributed by atoms with E-state index in [-0.39, 0.29) is 17.7 Å². The van der Waals surface area contributed by atoms with E-state index in [1.807, 2.05) is 4.90 Å². The maximum Gasteiger partial charge on any atom is 0.254 e. The third kappa shape index (κ3) is 3.30. The van der Waals surface area contributed by atoms with E-state index in [1.54, 1.807) is 12.4 Å². The van der Waals surface area contributed by atoms with Crippen molar-refractivity contribution in [2.24, 2.45) is 5.92 Å². The Morgan fingerprint density at radius 3 is 2.88 bits per heavy atom. The summed E-state index contributed by atoms with van der Waals surface area (Å²) in [6.45, 7) is 1.56. The molecule has 0 spiro atoms. The van der Waals surface area contributed by atoms with E-state index in [1.165, 1.54) is 32.1 Å². The van der Waals surface area contributed by atoms with Crippen molar-refractivity contribution in [2.75, 3.05) is 13.7 Å². The fourth-order valence-electron chi connectivity index (χ4n) is 3.65. The molecule has 4 rings (SSSR count). The van der Waals surface area contributed by atoms with Gasteiger partial charge < -0.3 is 14.2 Å². The van der Waals surface area contributed by atoms with Crippen LogP contribution in [0.1, 0.15) is 54.3 Å². The molecule has 1 aromatic heterocycles. The molecule has 2 aliphatic rings. The number of hydrogen-bond acceptors (Lipinski definition) is 4. The van der Waals surface area contributed by atoms with Crippen LogP contribution in [-0.2, 0) is 6.54 Å². The first kappa shape index (κ1) is 17.0. The second-order valence-electron chi connectivity index (χ2n) is 7.14. The lowest BCUT2D eigenvalue weighted by Gasteiger charge is -2.35. The molecular weight excluding hydrogens is 335 g/mol. The molecule has 2 heterocycles. The molecule has 0 radical (unpaired) electrons. The van der Waals surface area contributed by atoms with Crippen molar-refractivity contribution < 1.29 is 13.9 Å².